The lowest BCUT2D eigenvalue weighted by molar-refractivity contribution is -0.138. The number of hydrogen-bond donors (Lipinski definition) is 0. The van der Waals surface area contributed by atoms with E-state index in [-0.39, 0.29) is 54.1 Å². The zero-order chi connectivity index (χ0) is 32.1. The molecule has 0 saturated carbocycles. The summed E-state index contributed by atoms with van der Waals surface area (Å²) < 4.78 is 87.2. The Kier molecular flexibility index (Phi) is 8.47. The number of benzene rings is 3. The number of amides is 1. The maximum Gasteiger partial charge on any atom is 0.226 e. The minimum Gasteiger partial charge on any atom is -0.489 e. The van der Waals surface area contributed by atoms with Crippen LogP contribution in [0.3, 0.4) is 0 Å². The molecule has 8 nitrogen and oxygen atoms in total. The fourth-order valence-electron chi connectivity index (χ4n) is 7.18. The van der Waals surface area contributed by atoms with Gasteiger partial charge in [-0.1, -0.05) is 23.7 Å². The summed E-state index contributed by atoms with van der Waals surface area (Å²) in [5.41, 5.74) is 1.51. The second-order valence-electron chi connectivity index (χ2n) is 11.9. The smallest absolute Gasteiger partial charge is 0.226 e. The number of halogens is 3. The second-order valence-corrected chi connectivity index (χ2v) is 16.5. The number of piperidine rings is 1. The second kappa shape index (κ2) is 11.9. The van der Waals surface area contributed by atoms with Gasteiger partial charge in [0.15, 0.2) is 9.84 Å². The van der Waals surface area contributed by atoms with Crippen LogP contribution in [0.25, 0.3) is 0 Å². The topological polar surface area (TPSA) is 101 Å². The Labute approximate surface area is 266 Å². The van der Waals surface area contributed by atoms with Crippen LogP contribution < -0.4 is 4.74 Å². The van der Waals surface area contributed by atoms with Gasteiger partial charge in [-0.3, -0.25) is 4.79 Å². The number of sulfone groups is 1. The molecule has 3 aromatic rings. The lowest BCUT2D eigenvalue weighted by atomic mass is 9.78. The van der Waals surface area contributed by atoms with Crippen LogP contribution in [-0.2, 0) is 42.4 Å². The third kappa shape index (κ3) is 5.64. The van der Waals surface area contributed by atoms with Crippen molar-refractivity contribution in [1.29, 1.82) is 0 Å². The Hall–Kier alpha value is -3.06. The van der Waals surface area contributed by atoms with Crippen molar-refractivity contribution in [1.82, 2.24) is 9.21 Å². The predicted octanol–water partition coefficient (Wildman–Crippen LogP) is 5.09. The summed E-state index contributed by atoms with van der Waals surface area (Å²) in [5.74, 6) is -1.23. The molecule has 2 fully saturated rings. The van der Waals surface area contributed by atoms with E-state index in [0.717, 1.165) is 24.0 Å². The summed E-state index contributed by atoms with van der Waals surface area (Å²) in [5, 5.41) is 0.234. The summed E-state index contributed by atoms with van der Waals surface area (Å²) in [4.78, 5) is 15.6. The molecular formula is C32H33ClF2N2O6S2. The van der Waals surface area contributed by atoms with Crippen molar-refractivity contribution in [3.63, 3.8) is 0 Å². The van der Waals surface area contributed by atoms with Crippen molar-refractivity contribution in [3.05, 3.63) is 94.0 Å². The first-order valence-corrected chi connectivity index (χ1v) is 18.5. The Morgan fingerprint density at radius 2 is 1.69 bits per heavy atom. The van der Waals surface area contributed by atoms with Crippen LogP contribution in [-0.4, -0.2) is 63.9 Å². The van der Waals surface area contributed by atoms with Crippen LogP contribution in [0, 0.1) is 17.6 Å². The number of carbonyl (C=O) groups is 1. The van der Waals surface area contributed by atoms with E-state index < -0.39 is 48.2 Å². The van der Waals surface area contributed by atoms with Crippen LogP contribution in [0.1, 0.15) is 42.4 Å². The lowest BCUT2D eigenvalue weighted by Crippen LogP contribution is -2.53. The number of hydrogen-bond acceptors (Lipinski definition) is 6. The lowest BCUT2D eigenvalue weighted by Gasteiger charge is -2.43. The molecule has 0 radical (unpaired) electrons. The van der Waals surface area contributed by atoms with Gasteiger partial charge in [0.1, 0.15) is 28.7 Å². The highest BCUT2D eigenvalue weighted by molar-refractivity contribution is 7.92. The average molecular weight is 679 g/mol. The molecule has 2 atom stereocenters. The molecule has 3 aliphatic rings. The van der Waals surface area contributed by atoms with Gasteiger partial charge in [0.2, 0.25) is 15.9 Å². The molecule has 0 aromatic heterocycles. The molecule has 1 amide bonds. The third-order valence-corrected chi connectivity index (χ3v) is 13.7. The molecule has 13 heteroatoms. The van der Waals surface area contributed by atoms with Gasteiger partial charge in [-0.05, 0) is 91.8 Å². The zero-order valence-electron chi connectivity index (χ0n) is 24.6. The number of likely N-dealkylation sites (tertiary alicyclic amines) is 1. The van der Waals surface area contributed by atoms with Gasteiger partial charge in [-0.25, -0.2) is 29.9 Å². The molecule has 240 valence electrons. The van der Waals surface area contributed by atoms with Crippen molar-refractivity contribution in [2.24, 2.45) is 5.92 Å². The molecular weight excluding hydrogens is 646 g/mol. The summed E-state index contributed by atoms with van der Waals surface area (Å²) in [6.07, 6.45) is 2.84. The minimum absolute atomic E-state index is 0.0352. The predicted molar refractivity (Wildman–Crippen MR) is 165 cm³/mol. The first-order chi connectivity index (χ1) is 21.3. The number of sulfonamides is 1. The van der Waals surface area contributed by atoms with Crippen LogP contribution >= 0.6 is 11.6 Å². The van der Waals surface area contributed by atoms with Crippen molar-refractivity contribution in [2.45, 2.75) is 54.4 Å². The molecule has 1 aliphatic carbocycles. The van der Waals surface area contributed by atoms with E-state index in [1.165, 1.54) is 28.6 Å². The van der Waals surface area contributed by atoms with E-state index in [0.29, 0.717) is 37.0 Å². The Balaban J connectivity index is 1.34. The van der Waals surface area contributed by atoms with Crippen LogP contribution in [0.5, 0.6) is 5.75 Å². The van der Waals surface area contributed by atoms with Gasteiger partial charge in [0.25, 0.3) is 0 Å². The van der Waals surface area contributed by atoms with E-state index in [9.17, 15) is 30.4 Å². The maximum atomic E-state index is 14.6. The summed E-state index contributed by atoms with van der Waals surface area (Å²) >= 11 is 6.16. The fourth-order valence-corrected chi connectivity index (χ4v) is 10.6. The number of aryl methyl sites for hydroxylation is 1. The van der Waals surface area contributed by atoms with Crippen molar-refractivity contribution in [2.75, 3.05) is 25.9 Å². The van der Waals surface area contributed by atoms with Gasteiger partial charge in [0, 0.05) is 31.1 Å². The van der Waals surface area contributed by atoms with E-state index in [4.69, 9.17) is 16.3 Å². The number of nitrogens with zero attached hydrogens (tertiary/aromatic N) is 2. The highest BCUT2D eigenvalue weighted by Crippen LogP contribution is 2.53. The van der Waals surface area contributed by atoms with E-state index in [1.807, 2.05) is 0 Å². The van der Waals surface area contributed by atoms with Crippen molar-refractivity contribution >= 4 is 37.4 Å². The monoisotopic (exact) mass is 678 g/mol. The van der Waals surface area contributed by atoms with Gasteiger partial charge < -0.3 is 9.64 Å². The Bertz CT molecular complexity index is 1830. The van der Waals surface area contributed by atoms with Crippen molar-refractivity contribution in [3.8, 4) is 5.75 Å². The van der Waals surface area contributed by atoms with Crippen molar-refractivity contribution < 1.29 is 35.1 Å². The molecule has 2 aliphatic heterocycles. The molecule has 0 unspecified atom stereocenters. The Morgan fingerprint density at radius 1 is 0.978 bits per heavy atom. The fraction of sp³-hybridized carbons (Fsp3) is 0.406. The quantitative estimate of drug-likeness (QED) is 0.323. The highest BCUT2D eigenvalue weighted by Gasteiger charge is 2.61. The van der Waals surface area contributed by atoms with Crippen LogP contribution in [0.2, 0.25) is 5.02 Å². The average Bonchev–Trinajstić information content (AvgIpc) is 3.42. The normalized spacial score (nSPS) is 22.6. The number of fused-ring (bicyclic) bond motifs is 3. The van der Waals surface area contributed by atoms with E-state index in [1.54, 1.807) is 29.2 Å². The molecule has 2 heterocycles. The SMILES string of the molecule is CS(=O)(=O)N1CCC(C(=O)N2CC[C@@]3(S(=O)(=O)c4ccc(F)cc4)c4ccc(OCc5c(F)cccc5Cl)cc4CC[C@@H]23)CC1. The standard InChI is InChI=1S/C32H33ClF2N2O6S2/c1-44(39,40)36-16-13-21(14-17-36)31(38)37-18-15-32(45(41,42)25-9-6-23(34)7-10-25)27-11-8-24(19-22(27)5-12-30(32)37)43-20-26-28(33)3-2-4-29(26)35/h2-4,6-11,19,21,30H,5,12-18,20H2,1H3/t30-,32-/m1/s1. The first-order valence-electron chi connectivity index (χ1n) is 14.8. The molecule has 0 bridgehead atoms. The van der Waals surface area contributed by atoms with Gasteiger partial charge >= 0.3 is 0 Å². The third-order valence-electron chi connectivity index (χ3n) is 9.46. The highest BCUT2D eigenvalue weighted by atomic mass is 35.5. The molecule has 0 spiro atoms. The zero-order valence-corrected chi connectivity index (χ0v) is 27.0. The molecule has 3 aromatic carbocycles. The Morgan fingerprint density at radius 3 is 2.36 bits per heavy atom. The van der Waals surface area contributed by atoms with Crippen LogP contribution in [0.15, 0.2) is 65.6 Å². The number of carbonyl (C=O) groups excluding carboxylic acids is 1. The summed E-state index contributed by atoms with van der Waals surface area (Å²) in [6.45, 7) is 0.555. The van der Waals surface area contributed by atoms with Gasteiger partial charge in [0.05, 0.1) is 22.2 Å². The van der Waals surface area contributed by atoms with E-state index in [2.05, 4.69) is 0 Å². The number of ether oxygens (including phenoxy) is 1. The maximum absolute atomic E-state index is 14.6. The molecule has 45 heavy (non-hydrogen) atoms. The van der Waals surface area contributed by atoms with Gasteiger partial charge in [-0.2, -0.15) is 0 Å². The minimum atomic E-state index is -4.15. The van der Waals surface area contributed by atoms with E-state index >= 15 is 0 Å². The summed E-state index contributed by atoms with van der Waals surface area (Å²) in [6, 6.07) is 13.5. The van der Waals surface area contributed by atoms with Gasteiger partial charge in [-0.15, -0.1) is 0 Å². The molecule has 0 N–H and O–H groups in total. The van der Waals surface area contributed by atoms with Crippen LogP contribution in [0.4, 0.5) is 8.78 Å². The molecule has 6 rings (SSSR count). The number of rotatable bonds is 7. The first kappa shape index (κ1) is 31.9. The summed E-state index contributed by atoms with van der Waals surface area (Å²) in [7, 11) is -7.52. The largest absolute Gasteiger partial charge is 0.489 e. The molecule has 2 saturated heterocycles.